The number of hydrogen-bond donors (Lipinski definition) is 2. The first kappa shape index (κ1) is 17.4. The third-order valence-corrected chi connectivity index (χ3v) is 4.59. The number of carbonyl (C=O) groups is 2. The minimum Gasteiger partial charge on any atom is -0.477 e. The van der Waals surface area contributed by atoms with Gasteiger partial charge in [0.2, 0.25) is 0 Å². The zero-order chi connectivity index (χ0) is 17.9. The predicted octanol–water partition coefficient (Wildman–Crippen LogP) is 2.87. The lowest BCUT2D eigenvalue weighted by Gasteiger charge is -2.38. The van der Waals surface area contributed by atoms with Gasteiger partial charge in [0.05, 0.1) is 5.54 Å². The normalized spacial score (nSPS) is 16.2. The maximum Gasteiger partial charge on any atom is 0.354 e. The van der Waals surface area contributed by atoms with Crippen LogP contribution in [0.2, 0.25) is 5.02 Å². The van der Waals surface area contributed by atoms with Crippen LogP contribution in [0.3, 0.4) is 0 Å². The number of nitrogens with one attached hydrogen (secondary N) is 1. The Morgan fingerprint density at radius 2 is 1.84 bits per heavy atom. The number of nitrogens with zero attached hydrogens (tertiary/aromatic N) is 1. The Balaban J connectivity index is 1.90. The van der Waals surface area contributed by atoms with Crippen molar-refractivity contribution >= 4 is 23.5 Å². The van der Waals surface area contributed by atoms with E-state index in [9.17, 15) is 9.59 Å². The molecule has 0 spiro atoms. The number of pyridine rings is 1. The highest BCUT2D eigenvalue weighted by atomic mass is 35.5. The maximum atomic E-state index is 12.7. The van der Waals surface area contributed by atoms with Gasteiger partial charge in [-0.2, -0.15) is 0 Å². The van der Waals surface area contributed by atoms with E-state index >= 15 is 0 Å². The molecule has 2 heterocycles. The molecule has 0 unspecified atom stereocenters. The first-order chi connectivity index (χ1) is 12.0. The van der Waals surface area contributed by atoms with Gasteiger partial charge < -0.3 is 15.2 Å². The molecular weight excluding hydrogens is 344 g/mol. The third-order valence-electron chi connectivity index (χ3n) is 4.34. The minimum atomic E-state index is -1.17. The zero-order valence-electron chi connectivity index (χ0n) is 13.4. The fourth-order valence-corrected chi connectivity index (χ4v) is 3.08. The second kappa shape index (κ2) is 7.21. The van der Waals surface area contributed by atoms with Gasteiger partial charge in [-0.15, -0.1) is 0 Å². The quantitative estimate of drug-likeness (QED) is 0.875. The van der Waals surface area contributed by atoms with E-state index in [1.54, 1.807) is 12.1 Å². The van der Waals surface area contributed by atoms with Crippen LogP contribution in [-0.4, -0.2) is 35.2 Å². The molecular formula is C18H17ClN2O4. The molecule has 130 valence electrons. The number of aromatic nitrogens is 1. The standard InChI is InChI=1S/C18H17ClN2O4/c19-14-3-1-13(2-4-14)18(6-9-25-10-7-18)21-16(22)12-5-8-20-15(11-12)17(23)24/h1-5,8,11H,6-7,9-10H2,(H,21,22)(H,23,24). The van der Waals surface area contributed by atoms with Crippen LogP contribution in [0, 0.1) is 0 Å². The van der Waals surface area contributed by atoms with Gasteiger partial charge in [-0.3, -0.25) is 4.79 Å². The number of amides is 1. The Bertz CT molecular complexity index is 786. The number of ether oxygens (including phenoxy) is 1. The van der Waals surface area contributed by atoms with E-state index in [1.165, 1.54) is 18.3 Å². The lowest BCUT2D eigenvalue weighted by Crippen LogP contribution is -2.49. The summed E-state index contributed by atoms with van der Waals surface area (Å²) < 4.78 is 5.44. The Hall–Kier alpha value is -2.44. The molecule has 3 rings (SSSR count). The van der Waals surface area contributed by atoms with E-state index < -0.39 is 11.5 Å². The Kier molecular flexibility index (Phi) is 5.01. The van der Waals surface area contributed by atoms with E-state index in [4.69, 9.17) is 21.4 Å². The molecule has 1 aliphatic heterocycles. The summed E-state index contributed by atoms with van der Waals surface area (Å²) in [4.78, 5) is 27.5. The van der Waals surface area contributed by atoms with E-state index in [-0.39, 0.29) is 17.2 Å². The smallest absolute Gasteiger partial charge is 0.354 e. The second-order valence-electron chi connectivity index (χ2n) is 5.89. The van der Waals surface area contributed by atoms with Crippen molar-refractivity contribution in [2.45, 2.75) is 18.4 Å². The van der Waals surface area contributed by atoms with Crippen molar-refractivity contribution in [3.63, 3.8) is 0 Å². The molecule has 7 heteroatoms. The first-order valence-corrected chi connectivity index (χ1v) is 8.24. The van der Waals surface area contributed by atoms with Crippen LogP contribution in [0.1, 0.15) is 39.3 Å². The number of carbonyl (C=O) groups excluding carboxylic acids is 1. The van der Waals surface area contributed by atoms with Crippen molar-refractivity contribution in [2.75, 3.05) is 13.2 Å². The summed E-state index contributed by atoms with van der Waals surface area (Å²) in [6.07, 6.45) is 2.56. The number of carboxylic acids is 1. The molecule has 2 aromatic rings. The summed E-state index contributed by atoms with van der Waals surface area (Å²) in [5.41, 5.74) is 0.459. The molecule has 25 heavy (non-hydrogen) atoms. The first-order valence-electron chi connectivity index (χ1n) is 7.86. The van der Waals surface area contributed by atoms with Crippen LogP contribution in [0.25, 0.3) is 0 Å². The molecule has 0 aliphatic carbocycles. The van der Waals surface area contributed by atoms with Gasteiger partial charge in [0.1, 0.15) is 5.69 Å². The topological polar surface area (TPSA) is 88.5 Å². The Morgan fingerprint density at radius 1 is 1.16 bits per heavy atom. The number of aromatic carboxylic acids is 1. The van der Waals surface area contributed by atoms with Gasteiger partial charge in [0.25, 0.3) is 5.91 Å². The van der Waals surface area contributed by atoms with Crippen molar-refractivity contribution in [2.24, 2.45) is 0 Å². The fraction of sp³-hybridized carbons (Fsp3) is 0.278. The molecule has 6 nitrogen and oxygen atoms in total. The number of benzene rings is 1. The van der Waals surface area contributed by atoms with Crippen LogP contribution in [-0.2, 0) is 10.3 Å². The number of carboxylic acid groups (broad SMARTS) is 1. The summed E-state index contributed by atoms with van der Waals surface area (Å²) in [5.74, 6) is -1.52. The Labute approximate surface area is 149 Å². The van der Waals surface area contributed by atoms with E-state index in [0.29, 0.717) is 31.1 Å². The van der Waals surface area contributed by atoms with E-state index in [0.717, 1.165) is 5.56 Å². The molecule has 1 saturated heterocycles. The molecule has 1 fully saturated rings. The van der Waals surface area contributed by atoms with Crippen LogP contribution >= 0.6 is 11.6 Å². The van der Waals surface area contributed by atoms with Crippen LogP contribution in [0.4, 0.5) is 0 Å². The fourth-order valence-electron chi connectivity index (χ4n) is 2.95. The van der Waals surface area contributed by atoms with Crippen LogP contribution in [0.5, 0.6) is 0 Å². The van der Waals surface area contributed by atoms with E-state index in [2.05, 4.69) is 10.3 Å². The molecule has 1 aliphatic rings. The molecule has 1 aromatic heterocycles. The highest BCUT2D eigenvalue weighted by molar-refractivity contribution is 6.30. The van der Waals surface area contributed by atoms with Crippen molar-refractivity contribution in [1.82, 2.24) is 10.3 Å². The molecule has 0 saturated carbocycles. The van der Waals surface area contributed by atoms with Gasteiger partial charge in [-0.1, -0.05) is 23.7 Å². The van der Waals surface area contributed by atoms with Crippen molar-refractivity contribution in [3.8, 4) is 0 Å². The van der Waals surface area contributed by atoms with Gasteiger partial charge in [0.15, 0.2) is 0 Å². The lowest BCUT2D eigenvalue weighted by atomic mass is 9.82. The van der Waals surface area contributed by atoms with Crippen LogP contribution < -0.4 is 5.32 Å². The van der Waals surface area contributed by atoms with Crippen LogP contribution in [0.15, 0.2) is 42.6 Å². The summed E-state index contributed by atoms with van der Waals surface area (Å²) in [6, 6.07) is 10.1. The predicted molar refractivity (Wildman–Crippen MR) is 91.8 cm³/mol. The third kappa shape index (κ3) is 3.81. The monoisotopic (exact) mass is 360 g/mol. The molecule has 2 N–H and O–H groups in total. The molecule has 1 amide bonds. The average molecular weight is 361 g/mol. The van der Waals surface area contributed by atoms with E-state index in [1.807, 2.05) is 12.1 Å². The number of halogens is 1. The maximum absolute atomic E-state index is 12.7. The van der Waals surface area contributed by atoms with Gasteiger partial charge in [0, 0.05) is 30.0 Å². The number of rotatable bonds is 4. The molecule has 1 aromatic carbocycles. The SMILES string of the molecule is O=C(NC1(c2ccc(Cl)cc2)CCOCC1)c1ccnc(C(=O)O)c1. The summed E-state index contributed by atoms with van der Waals surface area (Å²) in [5, 5.41) is 12.7. The Morgan fingerprint density at radius 3 is 2.48 bits per heavy atom. The lowest BCUT2D eigenvalue weighted by molar-refractivity contribution is 0.0345. The average Bonchev–Trinajstić information content (AvgIpc) is 2.63. The molecule has 0 radical (unpaired) electrons. The van der Waals surface area contributed by atoms with Gasteiger partial charge >= 0.3 is 5.97 Å². The largest absolute Gasteiger partial charge is 0.477 e. The molecule has 0 atom stereocenters. The van der Waals surface area contributed by atoms with Gasteiger partial charge in [-0.25, -0.2) is 9.78 Å². The highest BCUT2D eigenvalue weighted by Gasteiger charge is 2.36. The summed E-state index contributed by atoms with van der Waals surface area (Å²) in [7, 11) is 0. The molecule has 0 bridgehead atoms. The minimum absolute atomic E-state index is 0.167. The zero-order valence-corrected chi connectivity index (χ0v) is 14.1. The summed E-state index contributed by atoms with van der Waals surface area (Å²) in [6.45, 7) is 1.05. The highest BCUT2D eigenvalue weighted by Crippen LogP contribution is 2.33. The second-order valence-corrected chi connectivity index (χ2v) is 6.33. The summed E-state index contributed by atoms with van der Waals surface area (Å²) >= 11 is 5.97. The van der Waals surface area contributed by atoms with Crippen molar-refractivity contribution < 1.29 is 19.4 Å². The van der Waals surface area contributed by atoms with Crippen molar-refractivity contribution in [3.05, 3.63) is 64.4 Å². The van der Waals surface area contributed by atoms with Crippen molar-refractivity contribution in [1.29, 1.82) is 0 Å². The van der Waals surface area contributed by atoms with Gasteiger partial charge in [-0.05, 0) is 42.7 Å². The number of hydrogen-bond acceptors (Lipinski definition) is 4.